The molecule has 70 valence electrons. The van der Waals surface area contributed by atoms with Crippen molar-refractivity contribution in [3.63, 3.8) is 0 Å². The van der Waals surface area contributed by atoms with Gasteiger partial charge >= 0.3 is 7.12 Å². The van der Waals surface area contributed by atoms with Gasteiger partial charge in [0, 0.05) is 4.90 Å². The Morgan fingerprint density at radius 1 is 1.23 bits per heavy atom. The Morgan fingerprint density at radius 2 is 1.85 bits per heavy atom. The molecule has 0 aromatic heterocycles. The predicted octanol–water partition coefficient (Wildman–Crippen LogP) is 0.705. The fraction of sp³-hybridized carbons (Fsp3) is 0.333. The zero-order chi connectivity index (χ0) is 10.0. The molecule has 2 nitrogen and oxygen atoms in total. The third-order valence-electron chi connectivity index (χ3n) is 2.04. The maximum atomic E-state index is 9.10. The summed E-state index contributed by atoms with van der Waals surface area (Å²) >= 11 is 1.62. The summed E-state index contributed by atoms with van der Waals surface area (Å²) in [6, 6.07) is 3.85. The smallest absolute Gasteiger partial charge is 0.423 e. The number of thioether (sulfide) groups is 1. The summed E-state index contributed by atoms with van der Waals surface area (Å²) in [7, 11) is -1.37. The summed E-state index contributed by atoms with van der Waals surface area (Å²) in [6.45, 7) is 3.85. The van der Waals surface area contributed by atoms with Crippen LogP contribution in [0.5, 0.6) is 0 Å². The molecule has 0 radical (unpaired) electrons. The van der Waals surface area contributed by atoms with Crippen LogP contribution in [0.4, 0.5) is 0 Å². The third-order valence-corrected chi connectivity index (χ3v) is 2.91. The highest BCUT2D eigenvalue weighted by atomic mass is 32.2. The number of rotatable bonds is 2. The minimum absolute atomic E-state index is 0.601. The summed E-state index contributed by atoms with van der Waals surface area (Å²) in [5.74, 6) is 0. The fourth-order valence-corrected chi connectivity index (χ4v) is 2.06. The summed E-state index contributed by atoms with van der Waals surface area (Å²) in [5.41, 5.74) is 2.61. The lowest BCUT2D eigenvalue weighted by Gasteiger charge is -2.10. The second-order valence-corrected chi connectivity index (χ2v) is 3.90. The van der Waals surface area contributed by atoms with E-state index >= 15 is 0 Å². The molecular weight excluding hydrogens is 183 g/mol. The molecule has 1 rings (SSSR count). The molecule has 1 aromatic carbocycles. The van der Waals surface area contributed by atoms with Crippen molar-refractivity contribution in [2.45, 2.75) is 18.7 Å². The van der Waals surface area contributed by atoms with E-state index in [1.165, 1.54) is 0 Å². The first kappa shape index (κ1) is 10.6. The van der Waals surface area contributed by atoms with Crippen LogP contribution in [0.3, 0.4) is 0 Å². The van der Waals surface area contributed by atoms with Crippen molar-refractivity contribution < 1.29 is 10.0 Å². The normalized spacial score (nSPS) is 10.2. The largest absolute Gasteiger partial charge is 0.488 e. The Kier molecular flexibility index (Phi) is 3.42. The Hall–Kier alpha value is -0.445. The highest BCUT2D eigenvalue weighted by molar-refractivity contribution is 7.98. The quantitative estimate of drug-likeness (QED) is 0.540. The van der Waals surface area contributed by atoms with Crippen LogP contribution < -0.4 is 5.46 Å². The van der Waals surface area contributed by atoms with Gasteiger partial charge in [-0.2, -0.15) is 0 Å². The van der Waals surface area contributed by atoms with E-state index in [-0.39, 0.29) is 0 Å². The molecule has 4 heteroatoms. The van der Waals surface area contributed by atoms with E-state index in [4.69, 9.17) is 10.0 Å². The molecule has 2 N–H and O–H groups in total. The van der Waals surface area contributed by atoms with E-state index in [1.807, 2.05) is 26.2 Å². The van der Waals surface area contributed by atoms with Crippen LogP contribution in [0.1, 0.15) is 11.1 Å². The Balaban J connectivity index is 3.27. The summed E-state index contributed by atoms with van der Waals surface area (Å²) in [4.78, 5) is 1.10. The number of benzene rings is 1. The second-order valence-electron chi connectivity index (χ2n) is 3.06. The molecule has 0 unspecified atom stereocenters. The molecule has 0 heterocycles. The van der Waals surface area contributed by atoms with Gasteiger partial charge < -0.3 is 10.0 Å². The average Bonchev–Trinajstić information content (AvgIpc) is 2.08. The molecule has 13 heavy (non-hydrogen) atoms. The minimum Gasteiger partial charge on any atom is -0.423 e. The van der Waals surface area contributed by atoms with Gasteiger partial charge in [0.2, 0.25) is 0 Å². The van der Waals surface area contributed by atoms with Crippen LogP contribution in [0.25, 0.3) is 0 Å². The lowest BCUT2D eigenvalue weighted by Crippen LogP contribution is -2.32. The van der Waals surface area contributed by atoms with Gasteiger partial charge in [0.1, 0.15) is 0 Å². The van der Waals surface area contributed by atoms with Crippen LogP contribution in [0.15, 0.2) is 17.0 Å². The predicted molar refractivity (Wildman–Crippen MR) is 57.5 cm³/mol. The second kappa shape index (κ2) is 4.18. The summed E-state index contributed by atoms with van der Waals surface area (Å²) in [6.07, 6.45) is 1.98. The van der Waals surface area contributed by atoms with Gasteiger partial charge in [0.25, 0.3) is 0 Å². The highest BCUT2D eigenvalue weighted by Gasteiger charge is 2.16. The lowest BCUT2D eigenvalue weighted by molar-refractivity contribution is 0.425. The molecule has 0 aliphatic rings. The molecule has 0 atom stereocenters. The third kappa shape index (κ3) is 2.27. The van der Waals surface area contributed by atoms with E-state index < -0.39 is 7.12 Å². The van der Waals surface area contributed by atoms with Crippen molar-refractivity contribution in [1.82, 2.24) is 0 Å². The zero-order valence-corrected chi connectivity index (χ0v) is 8.85. The maximum Gasteiger partial charge on any atom is 0.488 e. The van der Waals surface area contributed by atoms with E-state index in [9.17, 15) is 0 Å². The maximum absolute atomic E-state index is 9.10. The first-order valence-electron chi connectivity index (χ1n) is 4.07. The SMILES string of the molecule is CSc1cc(C)cc(B(O)O)c1C. The van der Waals surface area contributed by atoms with Crippen molar-refractivity contribution in [2.75, 3.05) is 6.26 Å². The summed E-state index contributed by atoms with van der Waals surface area (Å²) < 4.78 is 0. The van der Waals surface area contributed by atoms with Gasteiger partial charge in [-0.1, -0.05) is 11.6 Å². The van der Waals surface area contributed by atoms with Gasteiger partial charge in [-0.25, -0.2) is 0 Å². The first-order valence-corrected chi connectivity index (χ1v) is 5.30. The van der Waals surface area contributed by atoms with Crippen molar-refractivity contribution in [2.24, 2.45) is 0 Å². The molecular formula is C9H13BO2S. The van der Waals surface area contributed by atoms with E-state index in [1.54, 1.807) is 17.8 Å². The van der Waals surface area contributed by atoms with Gasteiger partial charge in [-0.15, -0.1) is 11.8 Å². The molecule has 1 aromatic rings. The molecule has 0 saturated carbocycles. The molecule has 0 amide bonds. The van der Waals surface area contributed by atoms with Crippen molar-refractivity contribution in [3.05, 3.63) is 23.3 Å². The summed E-state index contributed by atoms with van der Waals surface area (Å²) in [5, 5.41) is 18.2. The monoisotopic (exact) mass is 196 g/mol. The van der Waals surface area contributed by atoms with Crippen molar-refractivity contribution >= 4 is 24.3 Å². The number of hydrogen-bond donors (Lipinski definition) is 2. The van der Waals surface area contributed by atoms with Gasteiger partial charge in [-0.3, -0.25) is 0 Å². The molecule has 0 aliphatic carbocycles. The Labute approximate surface area is 83.1 Å². The van der Waals surface area contributed by atoms with Crippen LogP contribution >= 0.6 is 11.8 Å². The molecule has 0 spiro atoms. The van der Waals surface area contributed by atoms with E-state index in [0.29, 0.717) is 5.46 Å². The minimum atomic E-state index is -1.37. The number of hydrogen-bond acceptors (Lipinski definition) is 3. The Bertz CT molecular complexity index is 313. The van der Waals surface area contributed by atoms with Crippen molar-refractivity contribution in [3.8, 4) is 0 Å². The molecule has 0 fully saturated rings. The van der Waals surface area contributed by atoms with E-state index in [0.717, 1.165) is 16.0 Å². The molecule has 0 saturated heterocycles. The first-order chi connectivity index (χ1) is 6.06. The van der Waals surface area contributed by atoms with Crippen LogP contribution in [0.2, 0.25) is 0 Å². The lowest BCUT2D eigenvalue weighted by atomic mass is 9.76. The number of aryl methyl sites for hydroxylation is 1. The molecule has 0 bridgehead atoms. The van der Waals surface area contributed by atoms with Crippen LogP contribution in [-0.4, -0.2) is 23.4 Å². The topological polar surface area (TPSA) is 40.5 Å². The highest BCUT2D eigenvalue weighted by Crippen LogP contribution is 2.19. The Morgan fingerprint density at radius 3 is 2.31 bits per heavy atom. The van der Waals surface area contributed by atoms with Gasteiger partial charge in [-0.05, 0) is 37.2 Å². The molecule has 0 aliphatic heterocycles. The standard InChI is InChI=1S/C9H13BO2S/c1-6-4-8(10(11)12)7(2)9(5-6)13-3/h4-5,11-12H,1-3H3. The van der Waals surface area contributed by atoms with Crippen LogP contribution in [-0.2, 0) is 0 Å². The zero-order valence-electron chi connectivity index (χ0n) is 8.03. The van der Waals surface area contributed by atoms with E-state index in [2.05, 4.69) is 0 Å². The van der Waals surface area contributed by atoms with Gasteiger partial charge in [0.15, 0.2) is 0 Å². The average molecular weight is 196 g/mol. The van der Waals surface area contributed by atoms with Gasteiger partial charge in [0.05, 0.1) is 0 Å². The van der Waals surface area contributed by atoms with Crippen LogP contribution in [0, 0.1) is 13.8 Å². The van der Waals surface area contributed by atoms with Crippen molar-refractivity contribution in [1.29, 1.82) is 0 Å². The fourth-order valence-electron chi connectivity index (χ4n) is 1.33.